The molecule has 0 spiro atoms. The van der Waals surface area contributed by atoms with E-state index in [-0.39, 0.29) is 0 Å². The lowest BCUT2D eigenvalue weighted by Gasteiger charge is -2.02. The third kappa shape index (κ3) is 3.55. The van der Waals surface area contributed by atoms with Crippen molar-refractivity contribution in [3.05, 3.63) is 54.5 Å². The van der Waals surface area contributed by atoms with E-state index >= 15 is 0 Å². The van der Waals surface area contributed by atoms with Crippen LogP contribution in [-0.2, 0) is 6.54 Å². The number of rotatable bonds is 5. The zero-order valence-electron chi connectivity index (χ0n) is 10.0. The molecule has 0 N–H and O–H groups in total. The van der Waals surface area contributed by atoms with Crippen molar-refractivity contribution in [1.29, 1.82) is 0 Å². The predicted octanol–water partition coefficient (Wildman–Crippen LogP) is 2.21. The first-order valence-electron chi connectivity index (χ1n) is 5.90. The molecule has 17 heavy (non-hydrogen) atoms. The molecule has 1 aromatic heterocycles. The van der Waals surface area contributed by atoms with Crippen LogP contribution in [0.4, 0.5) is 0 Å². The first-order chi connectivity index (χ1) is 8.38. The van der Waals surface area contributed by atoms with E-state index in [1.54, 1.807) is 6.20 Å². The van der Waals surface area contributed by atoms with Crippen LogP contribution in [0.2, 0.25) is 0 Å². The van der Waals surface area contributed by atoms with E-state index in [9.17, 15) is 0 Å². The average Bonchev–Trinajstić information content (AvgIpc) is 2.38. The summed E-state index contributed by atoms with van der Waals surface area (Å²) in [5.74, 6) is 0.685. The fraction of sp³-hybridized carbons (Fsp3) is 0.286. The van der Waals surface area contributed by atoms with Crippen LogP contribution in [0.25, 0.3) is 0 Å². The summed E-state index contributed by atoms with van der Waals surface area (Å²) in [5.41, 5.74) is 1.27. The number of aromatic nitrogens is 2. The van der Waals surface area contributed by atoms with Crippen LogP contribution in [0.5, 0.6) is 5.88 Å². The lowest BCUT2D eigenvalue weighted by molar-refractivity contribution is -0.689. The van der Waals surface area contributed by atoms with Gasteiger partial charge in [-0.3, -0.25) is 0 Å². The van der Waals surface area contributed by atoms with Gasteiger partial charge in [-0.2, -0.15) is 4.57 Å². The minimum atomic E-state index is 0.685. The van der Waals surface area contributed by atoms with Crippen molar-refractivity contribution in [1.82, 2.24) is 4.98 Å². The van der Waals surface area contributed by atoms with E-state index in [0.29, 0.717) is 12.5 Å². The molecule has 0 amide bonds. The first-order valence-corrected chi connectivity index (χ1v) is 5.90. The summed E-state index contributed by atoms with van der Waals surface area (Å²) in [6, 6.07) is 10.3. The van der Waals surface area contributed by atoms with Crippen LogP contribution in [0.15, 0.2) is 48.9 Å². The predicted molar refractivity (Wildman–Crippen MR) is 65.8 cm³/mol. The zero-order valence-corrected chi connectivity index (χ0v) is 10.0. The number of nitrogens with zero attached hydrogens (tertiary/aromatic N) is 2. The van der Waals surface area contributed by atoms with Crippen LogP contribution in [-0.4, -0.2) is 11.6 Å². The van der Waals surface area contributed by atoms with Crippen LogP contribution < -0.4 is 9.30 Å². The molecule has 0 atom stereocenters. The standard InChI is InChI=1S/C14H17N2O/c1-2-10-17-14-12-16(9-8-15-14)11-13-6-4-3-5-7-13/h3-9,12H,2,10-11H2,1H3/q+1. The number of ether oxygens (including phenoxy) is 1. The average molecular weight is 229 g/mol. The van der Waals surface area contributed by atoms with Gasteiger partial charge in [0.05, 0.1) is 12.8 Å². The van der Waals surface area contributed by atoms with Gasteiger partial charge in [0.25, 0.3) is 5.88 Å². The van der Waals surface area contributed by atoms with E-state index in [4.69, 9.17) is 4.74 Å². The Balaban J connectivity index is 2.06. The molecule has 0 unspecified atom stereocenters. The molecule has 3 nitrogen and oxygen atoms in total. The highest BCUT2D eigenvalue weighted by atomic mass is 16.5. The van der Waals surface area contributed by atoms with Crippen molar-refractivity contribution >= 4 is 0 Å². The fourth-order valence-corrected chi connectivity index (χ4v) is 1.58. The van der Waals surface area contributed by atoms with Gasteiger partial charge in [0.15, 0.2) is 12.7 Å². The van der Waals surface area contributed by atoms with Gasteiger partial charge in [0.2, 0.25) is 6.20 Å². The van der Waals surface area contributed by atoms with Crippen molar-refractivity contribution in [2.24, 2.45) is 0 Å². The van der Waals surface area contributed by atoms with E-state index in [1.165, 1.54) is 5.56 Å². The Kier molecular flexibility index (Phi) is 4.08. The SMILES string of the molecule is CCCOc1c[n+](Cc2ccccc2)ccn1. The molecule has 1 aromatic carbocycles. The van der Waals surface area contributed by atoms with Gasteiger partial charge in [-0.1, -0.05) is 37.3 Å². The van der Waals surface area contributed by atoms with Gasteiger partial charge in [-0.25, -0.2) is 4.98 Å². The Morgan fingerprint density at radius 2 is 2.06 bits per heavy atom. The molecule has 2 rings (SSSR count). The number of benzene rings is 1. The molecule has 0 fully saturated rings. The van der Waals surface area contributed by atoms with Crippen molar-refractivity contribution in [2.75, 3.05) is 6.61 Å². The largest absolute Gasteiger partial charge is 0.473 e. The van der Waals surface area contributed by atoms with Crippen molar-refractivity contribution in [3.8, 4) is 5.88 Å². The highest BCUT2D eigenvalue weighted by Gasteiger charge is 2.05. The minimum absolute atomic E-state index is 0.685. The van der Waals surface area contributed by atoms with Crippen LogP contribution in [0.3, 0.4) is 0 Å². The molecular weight excluding hydrogens is 212 g/mol. The van der Waals surface area contributed by atoms with Crippen LogP contribution in [0, 0.1) is 0 Å². The Bertz CT molecular complexity index is 457. The van der Waals surface area contributed by atoms with E-state index in [2.05, 4.69) is 28.6 Å². The lowest BCUT2D eigenvalue weighted by Crippen LogP contribution is -2.33. The smallest absolute Gasteiger partial charge is 0.279 e. The Labute approximate surface area is 102 Å². The van der Waals surface area contributed by atoms with Crippen molar-refractivity contribution in [3.63, 3.8) is 0 Å². The second-order valence-corrected chi connectivity index (χ2v) is 3.90. The van der Waals surface area contributed by atoms with Crippen LogP contribution in [0.1, 0.15) is 18.9 Å². The summed E-state index contributed by atoms with van der Waals surface area (Å²) < 4.78 is 7.58. The second-order valence-electron chi connectivity index (χ2n) is 3.90. The Hall–Kier alpha value is -1.90. The third-order valence-electron chi connectivity index (χ3n) is 2.40. The normalized spacial score (nSPS) is 10.2. The summed E-state index contributed by atoms with van der Waals surface area (Å²) in [5, 5.41) is 0. The van der Waals surface area contributed by atoms with Gasteiger partial charge in [-0.15, -0.1) is 0 Å². The molecule has 0 radical (unpaired) electrons. The van der Waals surface area contributed by atoms with Gasteiger partial charge >= 0.3 is 0 Å². The highest BCUT2D eigenvalue weighted by Crippen LogP contribution is 2.02. The van der Waals surface area contributed by atoms with Gasteiger partial charge < -0.3 is 4.74 Å². The maximum atomic E-state index is 5.50. The lowest BCUT2D eigenvalue weighted by atomic mass is 10.2. The monoisotopic (exact) mass is 229 g/mol. The summed E-state index contributed by atoms with van der Waals surface area (Å²) in [4.78, 5) is 4.18. The fourth-order valence-electron chi connectivity index (χ4n) is 1.58. The second kappa shape index (κ2) is 5.99. The third-order valence-corrected chi connectivity index (χ3v) is 2.40. The summed E-state index contributed by atoms with van der Waals surface area (Å²) in [7, 11) is 0. The maximum absolute atomic E-state index is 5.50. The molecule has 1 heterocycles. The molecule has 0 saturated carbocycles. The maximum Gasteiger partial charge on any atom is 0.279 e. The number of hydrogen-bond donors (Lipinski definition) is 0. The highest BCUT2D eigenvalue weighted by molar-refractivity contribution is 5.13. The summed E-state index contributed by atoms with van der Waals surface area (Å²) >= 11 is 0. The minimum Gasteiger partial charge on any atom is -0.473 e. The Morgan fingerprint density at radius 3 is 2.82 bits per heavy atom. The summed E-state index contributed by atoms with van der Waals surface area (Å²) in [6.45, 7) is 3.63. The molecule has 88 valence electrons. The number of hydrogen-bond acceptors (Lipinski definition) is 2. The molecule has 0 saturated heterocycles. The molecule has 3 heteroatoms. The van der Waals surface area contributed by atoms with E-state index < -0.39 is 0 Å². The van der Waals surface area contributed by atoms with Crippen molar-refractivity contribution < 1.29 is 9.30 Å². The molecule has 0 bridgehead atoms. The first kappa shape index (κ1) is 11.6. The van der Waals surface area contributed by atoms with Gasteiger partial charge in [-0.05, 0) is 6.42 Å². The van der Waals surface area contributed by atoms with E-state index in [1.807, 2.05) is 30.6 Å². The van der Waals surface area contributed by atoms with Gasteiger partial charge in [0.1, 0.15) is 0 Å². The molecular formula is C14H17N2O+. The quantitative estimate of drug-likeness (QED) is 0.735. The molecule has 2 aromatic rings. The zero-order chi connectivity index (χ0) is 11.9. The van der Waals surface area contributed by atoms with Crippen LogP contribution >= 0.6 is 0 Å². The summed E-state index contributed by atoms with van der Waals surface area (Å²) in [6.07, 6.45) is 6.65. The molecule has 0 aliphatic rings. The Morgan fingerprint density at radius 1 is 1.24 bits per heavy atom. The topological polar surface area (TPSA) is 26.0 Å². The molecule has 0 aliphatic carbocycles. The molecule has 0 aliphatic heterocycles. The van der Waals surface area contributed by atoms with Gasteiger partial charge in [0, 0.05) is 5.56 Å². The van der Waals surface area contributed by atoms with Crippen molar-refractivity contribution in [2.45, 2.75) is 19.9 Å². The van der Waals surface area contributed by atoms with E-state index in [0.717, 1.165) is 13.0 Å².